The smallest absolute Gasteiger partial charge is 0.312 e. The van der Waals surface area contributed by atoms with Crippen LogP contribution in [0.25, 0.3) is 11.8 Å². The average molecular weight is 314 g/mol. The minimum absolute atomic E-state index is 0.131. The number of aromatic amines is 1. The Balaban J connectivity index is 1.95. The highest BCUT2D eigenvalue weighted by Crippen LogP contribution is 2.29. The lowest BCUT2D eigenvalue weighted by atomic mass is 10.1. The summed E-state index contributed by atoms with van der Waals surface area (Å²) in [6, 6.07) is 7.58. The molecule has 1 aromatic carbocycles. The Morgan fingerprint density at radius 2 is 2.18 bits per heavy atom. The fraction of sp³-hybridized carbons (Fsp3) is 0. The number of carbonyl (C=O) groups excluding carboxylic acids is 1. The normalized spacial score (nSPS) is 15.9. The van der Waals surface area contributed by atoms with Crippen LogP contribution in [0.4, 0.5) is 0 Å². The zero-order valence-electron chi connectivity index (χ0n) is 11.3. The van der Waals surface area contributed by atoms with E-state index in [9.17, 15) is 4.79 Å². The first-order valence-electron chi connectivity index (χ1n) is 6.25. The van der Waals surface area contributed by atoms with Crippen molar-refractivity contribution in [1.82, 2.24) is 10.1 Å². The number of amidine groups is 1. The predicted octanol–water partition coefficient (Wildman–Crippen LogP) is -0.0699. The standard InChI is InChI=1S/C13H11N7OS/c14-12(15)19-13-18-11(21)10(22-13)5-8-3-1-2-4-9(8)20-7-16-6-17-20/h1-7H,(H4,14,15,18,19,21)/p+1/b10-5-. The molecule has 0 atom stereocenters. The molecular formula is C13H12N7OS+. The lowest BCUT2D eigenvalue weighted by Crippen LogP contribution is -2.32. The van der Waals surface area contributed by atoms with Crippen LogP contribution in [-0.4, -0.2) is 27.1 Å². The Kier molecular flexibility index (Phi) is 3.71. The van der Waals surface area contributed by atoms with Gasteiger partial charge in [0.2, 0.25) is 6.33 Å². The number of carbonyl (C=O) groups is 1. The summed E-state index contributed by atoms with van der Waals surface area (Å²) in [5.74, 6) is -0.497. The highest BCUT2D eigenvalue weighted by atomic mass is 32.2. The molecule has 0 radical (unpaired) electrons. The van der Waals surface area contributed by atoms with E-state index in [1.807, 2.05) is 24.3 Å². The van der Waals surface area contributed by atoms with Gasteiger partial charge in [-0.25, -0.2) is 0 Å². The average Bonchev–Trinajstić information content (AvgIpc) is 3.10. The highest BCUT2D eigenvalue weighted by Gasteiger charge is 2.22. The topological polar surface area (TPSA) is 126 Å². The van der Waals surface area contributed by atoms with E-state index in [1.165, 1.54) is 0 Å². The summed E-state index contributed by atoms with van der Waals surface area (Å²) in [4.78, 5) is 23.9. The van der Waals surface area contributed by atoms with Crippen molar-refractivity contribution < 1.29 is 9.48 Å². The molecule has 8 nitrogen and oxygen atoms in total. The molecule has 5 N–H and O–H groups in total. The molecule has 0 saturated carbocycles. The number of nitrogens with one attached hydrogen (secondary N) is 1. The van der Waals surface area contributed by atoms with Crippen LogP contribution >= 0.6 is 11.8 Å². The number of nitrogens with zero attached hydrogens (tertiary/aromatic N) is 4. The number of hydrogen-bond donors (Lipinski definition) is 3. The minimum Gasteiger partial charge on any atom is -0.370 e. The number of H-pyrrole nitrogens is 1. The molecule has 2 heterocycles. The first-order valence-corrected chi connectivity index (χ1v) is 7.07. The molecule has 0 bridgehead atoms. The molecule has 0 aliphatic carbocycles. The van der Waals surface area contributed by atoms with Crippen molar-refractivity contribution in [3.05, 3.63) is 47.4 Å². The maximum absolute atomic E-state index is 11.9. The van der Waals surface area contributed by atoms with Crippen LogP contribution in [-0.2, 0) is 4.79 Å². The maximum Gasteiger partial charge on any atom is 0.312 e. The zero-order chi connectivity index (χ0) is 15.5. The number of benzene rings is 1. The Morgan fingerprint density at radius 3 is 2.91 bits per heavy atom. The zero-order valence-corrected chi connectivity index (χ0v) is 12.1. The third kappa shape index (κ3) is 2.88. The van der Waals surface area contributed by atoms with Crippen LogP contribution in [0.2, 0.25) is 0 Å². The summed E-state index contributed by atoms with van der Waals surface area (Å²) in [5.41, 5.74) is 12.3. The van der Waals surface area contributed by atoms with E-state index >= 15 is 0 Å². The summed E-state index contributed by atoms with van der Waals surface area (Å²) in [7, 11) is 0. The monoisotopic (exact) mass is 314 g/mol. The highest BCUT2D eigenvalue weighted by molar-refractivity contribution is 8.18. The van der Waals surface area contributed by atoms with Crippen molar-refractivity contribution in [2.45, 2.75) is 0 Å². The molecule has 0 saturated heterocycles. The summed E-state index contributed by atoms with van der Waals surface area (Å²) in [6.45, 7) is 0. The van der Waals surface area contributed by atoms with Crippen molar-refractivity contribution >= 4 is 34.9 Å². The van der Waals surface area contributed by atoms with E-state index in [0.29, 0.717) is 4.91 Å². The fourth-order valence-corrected chi connectivity index (χ4v) is 2.68. The van der Waals surface area contributed by atoms with Crippen molar-refractivity contribution in [1.29, 1.82) is 0 Å². The van der Waals surface area contributed by atoms with Gasteiger partial charge in [0.25, 0.3) is 5.91 Å². The SMILES string of the molecule is NC(N)=NC1=NC(=O)/C(=C/c2ccccc2-[n+]2cnc[nH]2)S1. The maximum atomic E-state index is 11.9. The lowest BCUT2D eigenvalue weighted by Gasteiger charge is -2.01. The Morgan fingerprint density at radius 1 is 1.36 bits per heavy atom. The molecule has 0 spiro atoms. The van der Waals surface area contributed by atoms with Crippen LogP contribution in [0.3, 0.4) is 0 Å². The number of hydrogen-bond acceptors (Lipinski definition) is 4. The third-order valence-electron chi connectivity index (χ3n) is 2.77. The molecule has 9 heteroatoms. The van der Waals surface area contributed by atoms with Gasteiger partial charge in [0.1, 0.15) is 0 Å². The predicted molar refractivity (Wildman–Crippen MR) is 83.9 cm³/mol. The number of para-hydroxylation sites is 1. The molecule has 1 aliphatic rings. The molecule has 0 fully saturated rings. The summed E-state index contributed by atoms with van der Waals surface area (Å²) in [5, 5.41) is 3.20. The first kappa shape index (κ1) is 14.0. The second kappa shape index (κ2) is 5.82. The molecule has 2 aromatic rings. The number of amides is 1. The molecule has 1 amide bonds. The van der Waals surface area contributed by atoms with Gasteiger partial charge in [-0.15, -0.1) is 4.68 Å². The quantitative estimate of drug-likeness (QED) is 0.309. The second-order valence-corrected chi connectivity index (χ2v) is 5.31. The van der Waals surface area contributed by atoms with E-state index in [-0.39, 0.29) is 17.0 Å². The summed E-state index contributed by atoms with van der Waals surface area (Å²) < 4.78 is 1.74. The summed E-state index contributed by atoms with van der Waals surface area (Å²) >= 11 is 1.13. The van der Waals surface area contributed by atoms with Gasteiger partial charge in [0.15, 0.2) is 16.8 Å². The number of rotatable bonds is 2. The summed E-state index contributed by atoms with van der Waals surface area (Å²) in [6.07, 6.45) is 4.95. The molecule has 22 heavy (non-hydrogen) atoms. The van der Waals surface area contributed by atoms with Crippen LogP contribution in [0.5, 0.6) is 0 Å². The Bertz CT molecular complexity index is 804. The number of nitrogens with two attached hydrogens (primary N) is 2. The van der Waals surface area contributed by atoms with Gasteiger partial charge >= 0.3 is 6.33 Å². The number of aromatic nitrogens is 3. The molecular weight excluding hydrogens is 302 g/mol. The van der Waals surface area contributed by atoms with Gasteiger partial charge in [-0.05, 0) is 28.9 Å². The minimum atomic E-state index is -0.366. The van der Waals surface area contributed by atoms with Gasteiger partial charge in [-0.3, -0.25) is 4.79 Å². The van der Waals surface area contributed by atoms with E-state index < -0.39 is 0 Å². The van der Waals surface area contributed by atoms with Crippen LogP contribution < -0.4 is 16.1 Å². The number of thioether (sulfide) groups is 1. The third-order valence-corrected chi connectivity index (χ3v) is 3.65. The van der Waals surface area contributed by atoms with E-state index in [1.54, 1.807) is 23.4 Å². The van der Waals surface area contributed by atoms with Gasteiger partial charge in [0.05, 0.1) is 4.91 Å². The number of aliphatic imine (C=N–C) groups is 2. The van der Waals surface area contributed by atoms with Crippen molar-refractivity contribution in [3.63, 3.8) is 0 Å². The van der Waals surface area contributed by atoms with Crippen LogP contribution in [0.1, 0.15) is 5.56 Å². The molecule has 0 unspecified atom stereocenters. The van der Waals surface area contributed by atoms with Crippen LogP contribution in [0.15, 0.2) is 51.8 Å². The van der Waals surface area contributed by atoms with Crippen molar-refractivity contribution in [3.8, 4) is 5.69 Å². The van der Waals surface area contributed by atoms with Crippen molar-refractivity contribution in [2.75, 3.05) is 0 Å². The van der Waals surface area contributed by atoms with Crippen LogP contribution in [0, 0.1) is 0 Å². The van der Waals surface area contributed by atoms with Gasteiger partial charge < -0.3 is 11.5 Å². The Labute approximate surface area is 129 Å². The molecule has 3 rings (SSSR count). The van der Waals surface area contributed by atoms with Gasteiger partial charge in [0, 0.05) is 5.56 Å². The fourth-order valence-electron chi connectivity index (χ4n) is 1.89. The van der Waals surface area contributed by atoms with Gasteiger partial charge in [-0.2, -0.15) is 15.1 Å². The van der Waals surface area contributed by atoms with Gasteiger partial charge in [-0.1, -0.05) is 18.2 Å². The Hall–Kier alpha value is -2.94. The van der Waals surface area contributed by atoms with E-state index in [4.69, 9.17) is 11.5 Å². The first-order chi connectivity index (χ1) is 10.6. The largest absolute Gasteiger partial charge is 0.370 e. The lowest BCUT2D eigenvalue weighted by molar-refractivity contribution is -0.656. The van der Waals surface area contributed by atoms with E-state index in [2.05, 4.69) is 20.1 Å². The van der Waals surface area contributed by atoms with E-state index in [0.717, 1.165) is 23.0 Å². The van der Waals surface area contributed by atoms with Crippen molar-refractivity contribution in [2.24, 2.45) is 21.5 Å². The molecule has 1 aromatic heterocycles. The second-order valence-electron chi connectivity index (χ2n) is 4.30. The molecule has 110 valence electrons. The molecule has 1 aliphatic heterocycles. The number of guanidine groups is 1.